The number of hydrogen-bond donors (Lipinski definition) is 0. The zero-order valence-corrected chi connectivity index (χ0v) is 9.79. The summed E-state index contributed by atoms with van der Waals surface area (Å²) >= 11 is 0. The van der Waals surface area contributed by atoms with Crippen LogP contribution < -0.4 is 0 Å². The van der Waals surface area contributed by atoms with Crippen molar-refractivity contribution in [2.45, 2.75) is 27.7 Å². The summed E-state index contributed by atoms with van der Waals surface area (Å²) in [5, 5.41) is 3.95. The molecule has 1 aromatic heterocycles. The Morgan fingerprint density at radius 3 is 2.40 bits per heavy atom. The van der Waals surface area contributed by atoms with Crippen LogP contribution in [0, 0.1) is 13.8 Å². The topological polar surface area (TPSA) is 26.0 Å². The first kappa shape index (κ1) is 11.5. The third-order valence-corrected chi connectivity index (χ3v) is 2.31. The van der Waals surface area contributed by atoms with Gasteiger partial charge in [-0.15, -0.1) is 0 Å². The van der Waals surface area contributed by atoms with Crippen molar-refractivity contribution in [3.63, 3.8) is 0 Å². The van der Waals surface area contributed by atoms with Crippen LogP contribution in [-0.4, -0.2) is 5.16 Å². The van der Waals surface area contributed by atoms with E-state index in [-0.39, 0.29) is 0 Å². The predicted octanol–water partition coefficient (Wildman–Crippen LogP) is 3.83. The molecule has 0 N–H and O–H groups in total. The lowest BCUT2D eigenvalue weighted by atomic mass is 9.97. The molecule has 0 aliphatic heterocycles. The predicted molar refractivity (Wildman–Crippen MR) is 63.6 cm³/mol. The van der Waals surface area contributed by atoms with Crippen LogP contribution >= 0.6 is 0 Å². The van der Waals surface area contributed by atoms with E-state index in [0.29, 0.717) is 0 Å². The molecule has 15 heavy (non-hydrogen) atoms. The summed E-state index contributed by atoms with van der Waals surface area (Å²) in [6, 6.07) is 0. The van der Waals surface area contributed by atoms with Gasteiger partial charge in [0.15, 0.2) is 0 Å². The molecule has 1 rings (SSSR count). The highest BCUT2D eigenvalue weighted by Crippen LogP contribution is 2.28. The molecule has 0 aliphatic carbocycles. The molecule has 0 aromatic carbocycles. The third kappa shape index (κ3) is 2.27. The van der Waals surface area contributed by atoms with E-state index in [0.717, 1.165) is 28.2 Å². The highest BCUT2D eigenvalue weighted by atomic mass is 16.5. The van der Waals surface area contributed by atoms with E-state index in [2.05, 4.69) is 11.7 Å². The SMILES string of the molecule is C=C(C=CC)C(=CC)c1c(C)noc1C. The number of nitrogens with zero attached hydrogens (tertiary/aromatic N) is 1. The quantitative estimate of drug-likeness (QED) is 0.698. The van der Waals surface area contributed by atoms with Gasteiger partial charge in [-0.1, -0.05) is 30.0 Å². The summed E-state index contributed by atoms with van der Waals surface area (Å²) in [5.74, 6) is 0.839. The van der Waals surface area contributed by atoms with Gasteiger partial charge in [-0.3, -0.25) is 0 Å². The fourth-order valence-corrected chi connectivity index (χ4v) is 1.65. The first-order valence-electron chi connectivity index (χ1n) is 5.03. The lowest BCUT2D eigenvalue weighted by molar-refractivity contribution is 0.393. The molecule has 0 spiro atoms. The van der Waals surface area contributed by atoms with Gasteiger partial charge in [0.2, 0.25) is 0 Å². The summed E-state index contributed by atoms with van der Waals surface area (Å²) in [7, 11) is 0. The molecule has 80 valence electrons. The van der Waals surface area contributed by atoms with Crippen LogP contribution in [0.3, 0.4) is 0 Å². The normalized spacial score (nSPS) is 12.4. The van der Waals surface area contributed by atoms with Crippen LogP contribution in [0.2, 0.25) is 0 Å². The van der Waals surface area contributed by atoms with Gasteiger partial charge in [0.1, 0.15) is 5.76 Å². The van der Waals surface area contributed by atoms with Crippen molar-refractivity contribution >= 4 is 5.57 Å². The Labute approximate surface area is 91.0 Å². The Morgan fingerprint density at radius 1 is 1.33 bits per heavy atom. The second-order valence-electron chi connectivity index (χ2n) is 3.43. The minimum absolute atomic E-state index is 0.839. The molecular weight excluding hydrogens is 186 g/mol. The zero-order chi connectivity index (χ0) is 11.4. The van der Waals surface area contributed by atoms with Crippen molar-refractivity contribution < 1.29 is 4.52 Å². The second kappa shape index (κ2) is 4.78. The fraction of sp³-hybridized carbons (Fsp3) is 0.308. The molecule has 2 nitrogen and oxygen atoms in total. The monoisotopic (exact) mass is 203 g/mol. The largest absolute Gasteiger partial charge is 0.361 e. The lowest BCUT2D eigenvalue weighted by Crippen LogP contribution is -1.89. The molecule has 2 heteroatoms. The highest BCUT2D eigenvalue weighted by molar-refractivity contribution is 5.82. The van der Waals surface area contributed by atoms with Gasteiger partial charge in [-0.25, -0.2) is 0 Å². The second-order valence-corrected chi connectivity index (χ2v) is 3.43. The van der Waals surface area contributed by atoms with Crippen molar-refractivity contribution in [1.82, 2.24) is 5.16 Å². The van der Waals surface area contributed by atoms with Gasteiger partial charge in [-0.05, 0) is 38.8 Å². The number of rotatable bonds is 3. The van der Waals surface area contributed by atoms with Crippen LogP contribution in [0.25, 0.3) is 5.57 Å². The van der Waals surface area contributed by atoms with E-state index in [1.54, 1.807) is 0 Å². The van der Waals surface area contributed by atoms with E-state index in [9.17, 15) is 0 Å². The number of allylic oxidation sites excluding steroid dienone is 5. The maximum Gasteiger partial charge on any atom is 0.141 e. The highest BCUT2D eigenvalue weighted by Gasteiger charge is 2.14. The first-order chi connectivity index (χ1) is 7.11. The van der Waals surface area contributed by atoms with E-state index < -0.39 is 0 Å². The number of hydrogen-bond acceptors (Lipinski definition) is 2. The Hall–Kier alpha value is -1.57. The summed E-state index contributed by atoms with van der Waals surface area (Å²) in [6.07, 6.45) is 6.00. The lowest BCUT2D eigenvalue weighted by Gasteiger charge is -2.05. The Kier molecular flexibility index (Phi) is 3.67. The molecule has 0 bridgehead atoms. The molecule has 1 aromatic rings. The molecular formula is C13H17NO. The molecule has 0 saturated carbocycles. The van der Waals surface area contributed by atoms with Gasteiger partial charge >= 0.3 is 0 Å². The molecule has 0 saturated heterocycles. The fourth-order valence-electron chi connectivity index (χ4n) is 1.65. The maximum atomic E-state index is 5.15. The van der Waals surface area contributed by atoms with Gasteiger partial charge in [0, 0.05) is 5.56 Å². The number of aryl methyl sites for hydroxylation is 2. The van der Waals surface area contributed by atoms with E-state index >= 15 is 0 Å². The summed E-state index contributed by atoms with van der Waals surface area (Å²) in [4.78, 5) is 0. The molecule has 0 atom stereocenters. The minimum atomic E-state index is 0.839. The van der Waals surface area contributed by atoms with Crippen molar-refractivity contribution in [3.05, 3.63) is 47.4 Å². The van der Waals surface area contributed by atoms with Crippen molar-refractivity contribution in [1.29, 1.82) is 0 Å². The Morgan fingerprint density at radius 2 is 2.00 bits per heavy atom. The van der Waals surface area contributed by atoms with E-state index in [4.69, 9.17) is 4.52 Å². The van der Waals surface area contributed by atoms with Gasteiger partial charge in [0.25, 0.3) is 0 Å². The molecule has 1 heterocycles. The summed E-state index contributed by atoms with van der Waals surface area (Å²) in [5.41, 5.74) is 4.03. The van der Waals surface area contributed by atoms with Crippen LogP contribution in [0.4, 0.5) is 0 Å². The minimum Gasteiger partial charge on any atom is -0.361 e. The Balaban J connectivity index is 3.20. The van der Waals surface area contributed by atoms with E-state index in [1.165, 1.54) is 0 Å². The van der Waals surface area contributed by atoms with Gasteiger partial charge in [0.05, 0.1) is 5.69 Å². The summed E-state index contributed by atoms with van der Waals surface area (Å²) in [6.45, 7) is 11.9. The van der Waals surface area contributed by atoms with Crippen molar-refractivity contribution in [3.8, 4) is 0 Å². The molecule has 0 amide bonds. The smallest absolute Gasteiger partial charge is 0.141 e. The summed E-state index contributed by atoms with van der Waals surface area (Å²) < 4.78 is 5.15. The van der Waals surface area contributed by atoms with Crippen LogP contribution in [-0.2, 0) is 0 Å². The van der Waals surface area contributed by atoms with Crippen LogP contribution in [0.5, 0.6) is 0 Å². The Bertz CT molecular complexity index is 402. The standard InChI is InChI=1S/C13H17NO/c1-6-8-9(3)12(7-2)13-10(4)14-15-11(13)5/h6-8H,3H2,1-2,4-5H3. The van der Waals surface area contributed by atoms with Crippen molar-refractivity contribution in [2.24, 2.45) is 0 Å². The van der Waals surface area contributed by atoms with E-state index in [1.807, 2.05) is 45.9 Å². The van der Waals surface area contributed by atoms with Crippen molar-refractivity contribution in [2.75, 3.05) is 0 Å². The maximum absolute atomic E-state index is 5.15. The average molecular weight is 203 g/mol. The molecule has 0 unspecified atom stereocenters. The van der Waals surface area contributed by atoms with Gasteiger partial charge in [-0.2, -0.15) is 0 Å². The molecule has 0 radical (unpaired) electrons. The first-order valence-corrected chi connectivity index (χ1v) is 5.03. The van der Waals surface area contributed by atoms with Gasteiger partial charge < -0.3 is 4.52 Å². The van der Waals surface area contributed by atoms with Crippen LogP contribution in [0.1, 0.15) is 30.9 Å². The van der Waals surface area contributed by atoms with Crippen LogP contribution in [0.15, 0.2) is 34.9 Å². The number of aromatic nitrogens is 1. The zero-order valence-electron chi connectivity index (χ0n) is 9.79. The third-order valence-electron chi connectivity index (χ3n) is 2.31. The molecule has 0 aliphatic rings. The average Bonchev–Trinajstić information content (AvgIpc) is 2.51. The molecule has 0 fully saturated rings.